The van der Waals surface area contributed by atoms with Gasteiger partial charge < -0.3 is 5.32 Å². The van der Waals surface area contributed by atoms with Crippen molar-refractivity contribution in [2.45, 2.75) is 65.3 Å². The van der Waals surface area contributed by atoms with E-state index in [1.54, 1.807) is 18.3 Å². The van der Waals surface area contributed by atoms with E-state index in [1.165, 1.54) is 0 Å². The summed E-state index contributed by atoms with van der Waals surface area (Å²) in [6.45, 7) is 10.5. The highest BCUT2D eigenvalue weighted by molar-refractivity contribution is 9.10. The molecule has 0 atom stereocenters. The Balaban J connectivity index is 2.25. The maximum Gasteiger partial charge on any atom is 0.264 e. The van der Waals surface area contributed by atoms with E-state index in [-0.39, 0.29) is 11.6 Å². The van der Waals surface area contributed by atoms with Crippen LogP contribution in [0.15, 0.2) is 35.0 Å². The molecule has 5 heteroatoms. The van der Waals surface area contributed by atoms with Crippen LogP contribution in [0.25, 0.3) is 5.57 Å². The first-order valence-corrected chi connectivity index (χ1v) is 9.58. The van der Waals surface area contributed by atoms with Gasteiger partial charge >= 0.3 is 0 Å². The molecule has 0 aliphatic heterocycles. The zero-order valence-corrected chi connectivity index (χ0v) is 16.8. The standard InChI is InChI=1S/C20H27BrF2N2/c1-5-6-13(2)7-8-16(18(22)23)17-9-14(21)12-24-19(17)25-15-10-20(3,4)11-15/h8-9,12,15,18H,2,5-7,10-11H2,1,3-4H3,(H,24,25)/b16-8-. The molecule has 2 nitrogen and oxygen atoms in total. The minimum Gasteiger partial charge on any atom is -0.367 e. The Hall–Kier alpha value is -1.23. The van der Waals surface area contributed by atoms with E-state index in [0.717, 1.165) is 31.3 Å². The third-order valence-electron chi connectivity index (χ3n) is 4.55. The van der Waals surface area contributed by atoms with Gasteiger partial charge in [0.15, 0.2) is 0 Å². The van der Waals surface area contributed by atoms with E-state index in [9.17, 15) is 8.78 Å². The first-order chi connectivity index (χ1) is 11.7. The Morgan fingerprint density at radius 3 is 2.72 bits per heavy atom. The molecule has 2 rings (SSSR count). The highest BCUT2D eigenvalue weighted by atomic mass is 79.9. The molecule has 0 saturated heterocycles. The molecule has 0 radical (unpaired) electrons. The molecule has 1 saturated carbocycles. The largest absolute Gasteiger partial charge is 0.367 e. The smallest absolute Gasteiger partial charge is 0.264 e. The van der Waals surface area contributed by atoms with Crippen LogP contribution in [0.5, 0.6) is 0 Å². The maximum atomic E-state index is 13.7. The van der Waals surface area contributed by atoms with Crippen molar-refractivity contribution in [1.82, 2.24) is 4.98 Å². The topological polar surface area (TPSA) is 24.9 Å². The van der Waals surface area contributed by atoms with Crippen molar-refractivity contribution >= 4 is 27.3 Å². The highest BCUT2D eigenvalue weighted by Gasteiger charge is 2.36. The molecule has 0 bridgehead atoms. The summed E-state index contributed by atoms with van der Waals surface area (Å²) in [7, 11) is 0. The van der Waals surface area contributed by atoms with Crippen molar-refractivity contribution in [1.29, 1.82) is 0 Å². The minimum atomic E-state index is -2.55. The van der Waals surface area contributed by atoms with Gasteiger partial charge in [0.1, 0.15) is 5.82 Å². The minimum absolute atomic E-state index is 0.0205. The normalized spacial score (nSPS) is 17.5. The van der Waals surface area contributed by atoms with Gasteiger partial charge in [-0.05, 0) is 53.1 Å². The van der Waals surface area contributed by atoms with Gasteiger partial charge in [-0.2, -0.15) is 0 Å². The number of alkyl halides is 2. The Kier molecular flexibility index (Phi) is 6.78. The van der Waals surface area contributed by atoms with E-state index in [2.05, 4.69) is 53.6 Å². The number of hydrogen-bond donors (Lipinski definition) is 1. The zero-order valence-electron chi connectivity index (χ0n) is 15.2. The lowest BCUT2D eigenvalue weighted by atomic mass is 9.68. The number of halogens is 3. The summed E-state index contributed by atoms with van der Waals surface area (Å²) in [5.41, 5.74) is 1.77. The molecule has 1 aromatic rings. The van der Waals surface area contributed by atoms with Crippen molar-refractivity contribution < 1.29 is 8.78 Å². The molecule has 0 aromatic carbocycles. The number of hydrogen-bond acceptors (Lipinski definition) is 2. The summed E-state index contributed by atoms with van der Waals surface area (Å²) in [6, 6.07) is 2.01. The zero-order chi connectivity index (χ0) is 18.6. The molecule has 0 unspecified atom stereocenters. The van der Waals surface area contributed by atoms with E-state index in [0.29, 0.717) is 27.7 Å². The fourth-order valence-corrected chi connectivity index (χ4v) is 3.70. The molecule has 1 N–H and O–H groups in total. The quantitative estimate of drug-likeness (QED) is 0.472. The van der Waals surface area contributed by atoms with Crippen molar-refractivity contribution in [3.8, 4) is 0 Å². The fraction of sp³-hybridized carbons (Fsp3) is 0.550. The van der Waals surface area contributed by atoms with E-state index >= 15 is 0 Å². The summed E-state index contributed by atoms with van der Waals surface area (Å²) >= 11 is 3.35. The molecule has 1 aliphatic rings. The van der Waals surface area contributed by atoms with Crippen LogP contribution in [-0.4, -0.2) is 17.5 Å². The molecule has 1 aliphatic carbocycles. The van der Waals surface area contributed by atoms with E-state index in [1.807, 2.05) is 0 Å². The number of anilines is 1. The average molecular weight is 413 g/mol. The van der Waals surface area contributed by atoms with Crippen LogP contribution in [0.1, 0.15) is 58.4 Å². The van der Waals surface area contributed by atoms with Gasteiger partial charge in [0.05, 0.1) is 0 Å². The molecule has 1 heterocycles. The second kappa shape index (κ2) is 8.43. The van der Waals surface area contributed by atoms with Crippen molar-refractivity contribution in [3.63, 3.8) is 0 Å². The number of allylic oxidation sites excluding steroid dienone is 3. The summed E-state index contributed by atoms with van der Waals surface area (Å²) in [4.78, 5) is 4.36. The van der Waals surface area contributed by atoms with Crippen molar-refractivity contribution in [2.24, 2.45) is 5.41 Å². The van der Waals surface area contributed by atoms with Gasteiger partial charge in [-0.15, -0.1) is 0 Å². The molecule has 1 aromatic heterocycles. The summed E-state index contributed by atoms with van der Waals surface area (Å²) in [5.74, 6) is 0.538. The van der Waals surface area contributed by atoms with Crippen LogP contribution in [0, 0.1) is 5.41 Å². The van der Waals surface area contributed by atoms with Crippen LogP contribution < -0.4 is 5.32 Å². The summed E-state index contributed by atoms with van der Waals surface area (Å²) in [5, 5.41) is 3.35. The van der Waals surface area contributed by atoms with Gasteiger partial charge in [-0.25, -0.2) is 13.8 Å². The van der Waals surface area contributed by atoms with E-state index in [4.69, 9.17) is 0 Å². The Bertz CT molecular complexity index is 645. The molecular formula is C20H27BrF2N2. The number of aromatic nitrogens is 1. The van der Waals surface area contributed by atoms with Gasteiger partial charge in [-0.1, -0.05) is 45.4 Å². The molecule has 138 valence electrons. The Morgan fingerprint density at radius 2 is 2.16 bits per heavy atom. The summed E-state index contributed by atoms with van der Waals surface area (Å²) < 4.78 is 28.1. The lowest BCUT2D eigenvalue weighted by Crippen LogP contribution is -2.41. The third-order valence-corrected chi connectivity index (χ3v) is 4.99. The lowest BCUT2D eigenvalue weighted by Gasteiger charge is -2.43. The summed E-state index contributed by atoms with van der Waals surface area (Å²) in [6.07, 6.45) is 5.03. The van der Waals surface area contributed by atoms with Crippen LogP contribution in [0.4, 0.5) is 14.6 Å². The Morgan fingerprint density at radius 1 is 1.48 bits per heavy atom. The van der Waals surface area contributed by atoms with Gasteiger partial charge in [0, 0.05) is 27.8 Å². The first kappa shape index (κ1) is 20.1. The van der Waals surface area contributed by atoms with Crippen LogP contribution in [-0.2, 0) is 0 Å². The second-order valence-electron chi connectivity index (χ2n) is 7.63. The number of pyridine rings is 1. The van der Waals surface area contributed by atoms with Crippen molar-refractivity contribution in [2.75, 3.05) is 5.32 Å². The maximum absolute atomic E-state index is 13.7. The monoisotopic (exact) mass is 412 g/mol. The molecule has 1 fully saturated rings. The number of rotatable bonds is 8. The molecule has 0 amide bonds. The van der Waals surface area contributed by atoms with E-state index < -0.39 is 6.43 Å². The third kappa shape index (κ3) is 5.63. The van der Waals surface area contributed by atoms with Gasteiger partial charge in [0.2, 0.25) is 0 Å². The predicted octanol–water partition coefficient (Wildman–Crippen LogP) is 6.84. The van der Waals surface area contributed by atoms with Crippen LogP contribution in [0.3, 0.4) is 0 Å². The second-order valence-corrected chi connectivity index (χ2v) is 8.54. The predicted molar refractivity (Wildman–Crippen MR) is 105 cm³/mol. The Labute approximate surface area is 157 Å². The fourth-order valence-electron chi connectivity index (χ4n) is 3.37. The van der Waals surface area contributed by atoms with Crippen LogP contribution >= 0.6 is 15.9 Å². The van der Waals surface area contributed by atoms with Gasteiger partial charge in [0.25, 0.3) is 6.43 Å². The molecular weight excluding hydrogens is 386 g/mol. The molecule has 0 spiro atoms. The lowest BCUT2D eigenvalue weighted by molar-refractivity contribution is 0.167. The highest BCUT2D eigenvalue weighted by Crippen LogP contribution is 2.42. The first-order valence-electron chi connectivity index (χ1n) is 8.79. The number of nitrogens with zero attached hydrogens (tertiary/aromatic N) is 1. The van der Waals surface area contributed by atoms with Crippen LogP contribution in [0.2, 0.25) is 0 Å². The SMILES string of the molecule is C=C(C/C=C(/c1cc(Br)cnc1NC1CC(C)(C)C1)C(F)F)CCC. The molecule has 25 heavy (non-hydrogen) atoms. The number of nitrogens with one attached hydrogen (secondary N) is 1. The average Bonchev–Trinajstić information content (AvgIpc) is 2.48. The van der Waals surface area contributed by atoms with Crippen molar-refractivity contribution in [3.05, 3.63) is 40.5 Å². The van der Waals surface area contributed by atoms with Gasteiger partial charge in [-0.3, -0.25) is 0 Å².